The van der Waals surface area contributed by atoms with Crippen molar-refractivity contribution in [3.05, 3.63) is 33.9 Å². The van der Waals surface area contributed by atoms with Crippen LogP contribution in [0.3, 0.4) is 0 Å². The normalized spacial score (nSPS) is 9.90. The lowest BCUT2D eigenvalue weighted by atomic mass is 10.1. The molecule has 1 aromatic rings. The summed E-state index contributed by atoms with van der Waals surface area (Å²) >= 11 is 0. The molecule has 0 saturated carbocycles. The van der Waals surface area contributed by atoms with Gasteiger partial charge in [-0.25, -0.2) is 0 Å². The molecule has 8 heteroatoms. The van der Waals surface area contributed by atoms with Crippen molar-refractivity contribution in [2.45, 2.75) is 6.92 Å². The number of carbonyl (C=O) groups is 2. The lowest BCUT2D eigenvalue weighted by Crippen LogP contribution is -2.38. The molecule has 2 N–H and O–H groups in total. The molecule has 1 aromatic carbocycles. The summed E-state index contributed by atoms with van der Waals surface area (Å²) in [5.41, 5.74) is -0.770. The lowest BCUT2D eigenvalue weighted by Gasteiger charge is -2.17. The Hall–Kier alpha value is -2.64. The van der Waals surface area contributed by atoms with Gasteiger partial charge < -0.3 is 15.3 Å². The van der Waals surface area contributed by atoms with Gasteiger partial charge in [0.25, 0.3) is 5.91 Å². The summed E-state index contributed by atoms with van der Waals surface area (Å²) in [6, 6.07) is 3.65. The second kappa shape index (κ2) is 6.50. The van der Waals surface area contributed by atoms with Crippen LogP contribution >= 0.6 is 0 Å². The first-order valence-corrected chi connectivity index (χ1v) is 5.87. The zero-order chi connectivity index (χ0) is 15.3. The minimum absolute atomic E-state index is 0.200. The van der Waals surface area contributed by atoms with E-state index in [2.05, 4.69) is 5.32 Å². The maximum Gasteiger partial charge on any atom is 0.311 e. The van der Waals surface area contributed by atoms with Crippen LogP contribution in [0.15, 0.2) is 18.2 Å². The second-order valence-electron chi connectivity index (χ2n) is 4.05. The summed E-state index contributed by atoms with van der Waals surface area (Å²) in [5.74, 6) is -1.73. The summed E-state index contributed by atoms with van der Waals surface area (Å²) in [6.45, 7) is 1.98. The van der Waals surface area contributed by atoms with Crippen LogP contribution in [0.25, 0.3) is 0 Å². The number of rotatable bonds is 5. The SMILES string of the molecule is CCNC(=O)CN(C)C(=O)c1cccc([N+](=O)[O-])c1O. The van der Waals surface area contributed by atoms with Gasteiger partial charge in [0.1, 0.15) is 0 Å². The summed E-state index contributed by atoms with van der Waals surface area (Å²) in [6.07, 6.45) is 0. The highest BCUT2D eigenvalue weighted by Gasteiger charge is 2.23. The van der Waals surface area contributed by atoms with E-state index in [4.69, 9.17) is 0 Å². The number of likely N-dealkylation sites (N-methyl/N-ethyl adjacent to an activating group) is 2. The molecular weight excluding hydrogens is 266 g/mol. The molecule has 1 rings (SSSR count). The molecule has 0 saturated heterocycles. The van der Waals surface area contributed by atoms with Crippen molar-refractivity contribution in [2.75, 3.05) is 20.1 Å². The molecule has 20 heavy (non-hydrogen) atoms. The molecule has 2 amide bonds. The molecule has 108 valence electrons. The Balaban J connectivity index is 2.95. The maximum absolute atomic E-state index is 12.0. The van der Waals surface area contributed by atoms with Crippen LogP contribution in [-0.4, -0.2) is 46.9 Å². The van der Waals surface area contributed by atoms with Gasteiger partial charge in [-0.2, -0.15) is 0 Å². The van der Waals surface area contributed by atoms with Crippen molar-refractivity contribution < 1.29 is 19.6 Å². The standard InChI is InChI=1S/C12H15N3O5/c1-3-13-10(16)7-14(2)12(18)8-5-4-6-9(11(8)17)15(19)20/h4-6,17H,3,7H2,1-2H3,(H,13,16). The van der Waals surface area contributed by atoms with E-state index < -0.39 is 22.3 Å². The quantitative estimate of drug-likeness (QED) is 0.603. The van der Waals surface area contributed by atoms with Gasteiger partial charge in [0.15, 0.2) is 0 Å². The Bertz CT molecular complexity index is 544. The van der Waals surface area contributed by atoms with Crippen LogP contribution in [0.5, 0.6) is 5.75 Å². The fraction of sp³-hybridized carbons (Fsp3) is 0.333. The number of carbonyl (C=O) groups excluding carboxylic acids is 2. The largest absolute Gasteiger partial charge is 0.502 e. The minimum atomic E-state index is -0.782. The number of nitro groups is 1. The third-order valence-corrected chi connectivity index (χ3v) is 2.54. The first kappa shape index (κ1) is 15.4. The number of para-hydroxylation sites is 1. The van der Waals surface area contributed by atoms with Gasteiger partial charge >= 0.3 is 5.69 Å². The number of hydrogen-bond donors (Lipinski definition) is 2. The van der Waals surface area contributed by atoms with Gasteiger partial charge in [0.05, 0.1) is 17.0 Å². The fourth-order valence-corrected chi connectivity index (χ4v) is 1.60. The van der Waals surface area contributed by atoms with Gasteiger partial charge in [0, 0.05) is 19.7 Å². The van der Waals surface area contributed by atoms with Gasteiger partial charge in [-0.1, -0.05) is 6.07 Å². The van der Waals surface area contributed by atoms with Crippen molar-refractivity contribution >= 4 is 17.5 Å². The Morgan fingerprint density at radius 3 is 2.65 bits per heavy atom. The summed E-state index contributed by atoms with van der Waals surface area (Å²) in [4.78, 5) is 34.4. The number of phenolic OH excluding ortho intramolecular Hbond substituents is 1. The first-order valence-electron chi connectivity index (χ1n) is 5.87. The average Bonchev–Trinajstić information content (AvgIpc) is 2.38. The van der Waals surface area contributed by atoms with Gasteiger partial charge in [0.2, 0.25) is 11.7 Å². The molecule has 8 nitrogen and oxygen atoms in total. The zero-order valence-electron chi connectivity index (χ0n) is 11.1. The van der Waals surface area contributed by atoms with Crippen LogP contribution in [-0.2, 0) is 4.79 Å². The summed E-state index contributed by atoms with van der Waals surface area (Å²) in [5, 5.41) is 22.9. The zero-order valence-corrected chi connectivity index (χ0v) is 11.1. The molecule has 0 aliphatic carbocycles. The second-order valence-corrected chi connectivity index (χ2v) is 4.05. The number of hydrogen-bond acceptors (Lipinski definition) is 5. The molecule has 0 unspecified atom stereocenters. The molecule has 0 aliphatic rings. The van der Waals surface area contributed by atoms with Crippen LogP contribution in [0.4, 0.5) is 5.69 Å². The van der Waals surface area contributed by atoms with Gasteiger partial charge in [-0.3, -0.25) is 19.7 Å². The number of nitro benzene ring substituents is 1. The highest BCUT2D eigenvalue weighted by Crippen LogP contribution is 2.29. The van der Waals surface area contributed by atoms with Crippen LogP contribution < -0.4 is 5.32 Å². The average molecular weight is 281 g/mol. The van der Waals surface area contributed by atoms with E-state index in [9.17, 15) is 24.8 Å². The molecule has 0 radical (unpaired) electrons. The number of nitrogens with zero attached hydrogens (tertiary/aromatic N) is 2. The van der Waals surface area contributed by atoms with Crippen LogP contribution in [0.2, 0.25) is 0 Å². The van der Waals surface area contributed by atoms with E-state index in [0.717, 1.165) is 11.0 Å². The van der Waals surface area contributed by atoms with Crippen molar-refractivity contribution in [2.24, 2.45) is 0 Å². The topological polar surface area (TPSA) is 113 Å². The van der Waals surface area contributed by atoms with E-state index in [1.165, 1.54) is 19.2 Å². The molecule has 0 spiro atoms. The predicted molar refractivity (Wildman–Crippen MR) is 70.4 cm³/mol. The fourth-order valence-electron chi connectivity index (χ4n) is 1.60. The molecular formula is C12H15N3O5. The minimum Gasteiger partial charge on any atom is -0.502 e. The Morgan fingerprint density at radius 2 is 2.10 bits per heavy atom. The Morgan fingerprint density at radius 1 is 1.45 bits per heavy atom. The molecule has 0 atom stereocenters. The Kier molecular flexibility index (Phi) is 5.01. The lowest BCUT2D eigenvalue weighted by molar-refractivity contribution is -0.385. The summed E-state index contributed by atoms with van der Waals surface area (Å²) in [7, 11) is 1.37. The Labute approximate surface area is 115 Å². The molecule has 0 bridgehead atoms. The van der Waals surface area contributed by atoms with Crippen molar-refractivity contribution in [3.8, 4) is 5.75 Å². The smallest absolute Gasteiger partial charge is 0.311 e. The monoisotopic (exact) mass is 281 g/mol. The molecule has 0 aromatic heterocycles. The third-order valence-electron chi connectivity index (χ3n) is 2.54. The van der Waals surface area contributed by atoms with Gasteiger partial charge in [-0.05, 0) is 13.0 Å². The molecule has 0 heterocycles. The van der Waals surface area contributed by atoms with E-state index in [1.54, 1.807) is 6.92 Å². The van der Waals surface area contributed by atoms with Crippen LogP contribution in [0.1, 0.15) is 17.3 Å². The first-order chi connectivity index (χ1) is 9.38. The highest BCUT2D eigenvalue weighted by atomic mass is 16.6. The number of benzene rings is 1. The molecule has 0 fully saturated rings. The summed E-state index contributed by atoms with van der Waals surface area (Å²) < 4.78 is 0. The van der Waals surface area contributed by atoms with Crippen LogP contribution in [0, 0.1) is 10.1 Å². The predicted octanol–water partition coefficient (Wildman–Crippen LogP) is 0.508. The maximum atomic E-state index is 12.0. The van der Waals surface area contributed by atoms with Gasteiger partial charge in [-0.15, -0.1) is 0 Å². The highest BCUT2D eigenvalue weighted by molar-refractivity contribution is 5.99. The number of nitrogens with one attached hydrogen (secondary N) is 1. The van der Waals surface area contributed by atoms with Crippen molar-refractivity contribution in [1.82, 2.24) is 10.2 Å². The third kappa shape index (κ3) is 3.44. The van der Waals surface area contributed by atoms with E-state index in [0.29, 0.717) is 6.54 Å². The van der Waals surface area contributed by atoms with Crippen molar-refractivity contribution in [3.63, 3.8) is 0 Å². The van der Waals surface area contributed by atoms with E-state index in [1.807, 2.05) is 0 Å². The van der Waals surface area contributed by atoms with E-state index >= 15 is 0 Å². The number of amides is 2. The van der Waals surface area contributed by atoms with Crippen molar-refractivity contribution in [1.29, 1.82) is 0 Å². The van der Waals surface area contributed by atoms with E-state index in [-0.39, 0.29) is 18.0 Å². The number of aromatic hydroxyl groups is 1. The molecule has 0 aliphatic heterocycles. The number of phenols is 1.